The van der Waals surface area contributed by atoms with Crippen molar-refractivity contribution in [1.29, 1.82) is 0 Å². The Bertz CT molecular complexity index is 597. The third-order valence-corrected chi connectivity index (χ3v) is 2.52. The quantitative estimate of drug-likeness (QED) is 0.895. The number of carboxylic acid groups (broad SMARTS) is 1. The summed E-state index contributed by atoms with van der Waals surface area (Å²) in [5.41, 5.74) is 1.91. The Morgan fingerprint density at radius 2 is 2.11 bits per heavy atom. The minimum atomic E-state index is -1.04. The molecule has 0 radical (unpaired) electrons. The number of carboxylic acids is 1. The van der Waals surface area contributed by atoms with Crippen LogP contribution >= 0.6 is 0 Å². The molecule has 0 aliphatic carbocycles. The second-order valence-corrected chi connectivity index (χ2v) is 3.73. The predicted octanol–water partition coefficient (Wildman–Crippen LogP) is 2.16. The Kier molecular flexibility index (Phi) is 3.23. The van der Waals surface area contributed by atoms with E-state index in [1.54, 1.807) is 12.1 Å². The van der Waals surface area contributed by atoms with Crippen molar-refractivity contribution in [2.24, 2.45) is 0 Å². The van der Waals surface area contributed by atoms with Gasteiger partial charge in [0.2, 0.25) is 0 Å². The zero-order chi connectivity index (χ0) is 13.1. The maximum absolute atomic E-state index is 11.2. The second-order valence-electron chi connectivity index (χ2n) is 3.73. The van der Waals surface area contributed by atoms with Crippen LogP contribution in [0.3, 0.4) is 0 Å². The Hall–Kier alpha value is -2.43. The first-order valence-corrected chi connectivity index (χ1v) is 5.33. The summed E-state index contributed by atoms with van der Waals surface area (Å²) in [6.07, 6.45) is 2.84. The van der Waals surface area contributed by atoms with E-state index >= 15 is 0 Å². The number of hydrogen-bond acceptors (Lipinski definition) is 4. The molecule has 2 aromatic rings. The van der Waals surface area contributed by atoms with Crippen molar-refractivity contribution < 1.29 is 14.6 Å². The topological polar surface area (TPSA) is 72.3 Å². The van der Waals surface area contributed by atoms with Crippen molar-refractivity contribution in [3.63, 3.8) is 0 Å². The maximum Gasteiger partial charge on any atom is 0.337 e. The molecule has 0 saturated heterocycles. The number of ether oxygens (including phenoxy) is 1. The van der Waals surface area contributed by atoms with E-state index in [0.29, 0.717) is 17.0 Å². The molecule has 0 aromatic carbocycles. The highest BCUT2D eigenvalue weighted by molar-refractivity contribution is 5.95. The first-order chi connectivity index (χ1) is 8.63. The fraction of sp³-hybridized carbons (Fsp3) is 0.154. The largest absolute Gasteiger partial charge is 0.494 e. The molecule has 0 saturated carbocycles. The number of aromatic carboxylic acids is 1. The molecule has 0 unspecified atom stereocenters. The standard InChI is InChI=1S/C13H12N2O3/c1-8-3-4-11(18-2)12(15-8)9-5-6-14-7-10(9)13(16)17/h3-7H,1-2H3,(H,16,17). The van der Waals surface area contributed by atoms with E-state index in [-0.39, 0.29) is 5.56 Å². The van der Waals surface area contributed by atoms with E-state index in [1.807, 2.05) is 13.0 Å². The van der Waals surface area contributed by atoms with Gasteiger partial charge >= 0.3 is 5.97 Å². The molecule has 18 heavy (non-hydrogen) atoms. The molecule has 1 N–H and O–H groups in total. The number of rotatable bonds is 3. The molecule has 2 aromatic heterocycles. The molecule has 92 valence electrons. The van der Waals surface area contributed by atoms with Crippen LogP contribution < -0.4 is 4.74 Å². The van der Waals surface area contributed by atoms with E-state index < -0.39 is 5.97 Å². The molecule has 5 nitrogen and oxygen atoms in total. The molecule has 0 spiro atoms. The Balaban J connectivity index is 2.68. The van der Waals surface area contributed by atoms with E-state index in [4.69, 9.17) is 9.84 Å². The molecule has 0 fully saturated rings. The molecular weight excluding hydrogens is 232 g/mol. The Morgan fingerprint density at radius 1 is 1.33 bits per heavy atom. The lowest BCUT2D eigenvalue weighted by atomic mass is 10.1. The fourth-order valence-corrected chi connectivity index (χ4v) is 1.67. The van der Waals surface area contributed by atoms with Crippen molar-refractivity contribution in [2.75, 3.05) is 7.11 Å². The zero-order valence-electron chi connectivity index (χ0n) is 10.0. The predicted molar refractivity (Wildman–Crippen MR) is 65.7 cm³/mol. The van der Waals surface area contributed by atoms with Gasteiger partial charge in [0.05, 0.1) is 12.7 Å². The van der Waals surface area contributed by atoms with Gasteiger partial charge < -0.3 is 9.84 Å². The smallest absolute Gasteiger partial charge is 0.337 e. The monoisotopic (exact) mass is 244 g/mol. The van der Waals surface area contributed by atoms with Gasteiger partial charge in [-0.25, -0.2) is 9.78 Å². The average Bonchev–Trinajstić information content (AvgIpc) is 2.38. The van der Waals surface area contributed by atoms with Gasteiger partial charge in [-0.05, 0) is 25.1 Å². The lowest BCUT2D eigenvalue weighted by Gasteiger charge is -2.10. The normalized spacial score (nSPS) is 10.1. The molecule has 0 bridgehead atoms. The lowest BCUT2D eigenvalue weighted by Crippen LogP contribution is -2.02. The van der Waals surface area contributed by atoms with Crippen LogP contribution in [-0.2, 0) is 0 Å². The molecular formula is C13H12N2O3. The highest BCUT2D eigenvalue weighted by atomic mass is 16.5. The highest BCUT2D eigenvalue weighted by Gasteiger charge is 2.16. The van der Waals surface area contributed by atoms with Crippen LogP contribution in [0.15, 0.2) is 30.6 Å². The third kappa shape index (κ3) is 2.15. The lowest BCUT2D eigenvalue weighted by molar-refractivity contribution is 0.0697. The van der Waals surface area contributed by atoms with E-state index in [1.165, 1.54) is 19.5 Å². The average molecular weight is 244 g/mol. The fourth-order valence-electron chi connectivity index (χ4n) is 1.67. The van der Waals surface area contributed by atoms with Crippen molar-refractivity contribution in [3.8, 4) is 17.0 Å². The summed E-state index contributed by atoms with van der Waals surface area (Å²) >= 11 is 0. The molecule has 0 atom stereocenters. The van der Waals surface area contributed by atoms with Crippen LogP contribution in [-0.4, -0.2) is 28.2 Å². The van der Waals surface area contributed by atoms with Crippen LogP contribution in [0, 0.1) is 6.92 Å². The van der Waals surface area contributed by atoms with E-state index in [9.17, 15) is 4.79 Å². The highest BCUT2D eigenvalue weighted by Crippen LogP contribution is 2.30. The number of pyridine rings is 2. The van der Waals surface area contributed by atoms with Crippen molar-refractivity contribution >= 4 is 5.97 Å². The molecule has 2 rings (SSSR count). The molecule has 5 heteroatoms. The van der Waals surface area contributed by atoms with Crippen LogP contribution in [0.5, 0.6) is 5.75 Å². The zero-order valence-corrected chi connectivity index (χ0v) is 10.0. The first-order valence-electron chi connectivity index (χ1n) is 5.33. The summed E-state index contributed by atoms with van der Waals surface area (Å²) in [5.74, 6) is -0.502. The van der Waals surface area contributed by atoms with Gasteiger partial charge in [-0.2, -0.15) is 0 Å². The van der Waals surface area contributed by atoms with Gasteiger partial charge in [-0.15, -0.1) is 0 Å². The number of hydrogen-bond donors (Lipinski definition) is 1. The minimum Gasteiger partial charge on any atom is -0.494 e. The SMILES string of the molecule is COc1ccc(C)nc1-c1ccncc1C(=O)O. The number of carbonyl (C=O) groups is 1. The van der Waals surface area contributed by atoms with Gasteiger partial charge in [-0.1, -0.05) is 0 Å². The van der Waals surface area contributed by atoms with E-state index in [2.05, 4.69) is 9.97 Å². The molecule has 2 heterocycles. The summed E-state index contributed by atoms with van der Waals surface area (Å²) in [6, 6.07) is 5.20. The minimum absolute atomic E-state index is 0.105. The molecule has 0 amide bonds. The van der Waals surface area contributed by atoms with Crippen molar-refractivity contribution in [2.45, 2.75) is 6.92 Å². The number of methoxy groups -OCH3 is 1. The molecule has 0 aliphatic heterocycles. The Morgan fingerprint density at radius 3 is 2.78 bits per heavy atom. The third-order valence-electron chi connectivity index (χ3n) is 2.52. The van der Waals surface area contributed by atoms with Crippen molar-refractivity contribution in [1.82, 2.24) is 9.97 Å². The summed E-state index contributed by atoms with van der Waals surface area (Å²) < 4.78 is 5.21. The summed E-state index contributed by atoms with van der Waals surface area (Å²) in [5, 5.41) is 9.15. The van der Waals surface area contributed by atoms with Gasteiger partial charge in [0.1, 0.15) is 11.4 Å². The van der Waals surface area contributed by atoms with Crippen LogP contribution in [0.4, 0.5) is 0 Å². The summed E-state index contributed by atoms with van der Waals surface area (Å²) in [7, 11) is 1.53. The van der Waals surface area contributed by atoms with Gasteiger partial charge in [0.25, 0.3) is 0 Å². The van der Waals surface area contributed by atoms with Crippen LogP contribution in [0.25, 0.3) is 11.3 Å². The van der Waals surface area contributed by atoms with Gasteiger partial charge in [-0.3, -0.25) is 4.98 Å². The number of aryl methyl sites for hydroxylation is 1. The van der Waals surface area contributed by atoms with E-state index in [0.717, 1.165) is 5.69 Å². The first kappa shape index (κ1) is 12.0. The van der Waals surface area contributed by atoms with Crippen LogP contribution in [0.2, 0.25) is 0 Å². The second kappa shape index (κ2) is 4.83. The van der Waals surface area contributed by atoms with Crippen molar-refractivity contribution in [3.05, 3.63) is 41.9 Å². The van der Waals surface area contributed by atoms with Crippen LogP contribution in [0.1, 0.15) is 16.1 Å². The molecule has 0 aliphatic rings. The van der Waals surface area contributed by atoms with Gasteiger partial charge in [0.15, 0.2) is 0 Å². The summed E-state index contributed by atoms with van der Waals surface area (Å²) in [6.45, 7) is 1.84. The summed E-state index contributed by atoms with van der Waals surface area (Å²) in [4.78, 5) is 19.3. The Labute approximate surface area is 104 Å². The van der Waals surface area contributed by atoms with Gasteiger partial charge in [0, 0.05) is 23.7 Å². The maximum atomic E-state index is 11.2. The number of nitrogens with zero attached hydrogens (tertiary/aromatic N) is 2. The number of aromatic nitrogens is 2.